The van der Waals surface area contributed by atoms with Crippen LogP contribution in [0.25, 0.3) is 0 Å². The highest BCUT2D eigenvalue weighted by molar-refractivity contribution is 7.92. The third-order valence-electron chi connectivity index (χ3n) is 1.96. The lowest BCUT2D eigenvalue weighted by Crippen LogP contribution is -2.34. The summed E-state index contributed by atoms with van der Waals surface area (Å²) in [6.07, 6.45) is 1.75. The molecule has 0 saturated carbocycles. The van der Waals surface area contributed by atoms with Gasteiger partial charge in [0.25, 0.3) is 0 Å². The van der Waals surface area contributed by atoms with Crippen LogP contribution in [-0.4, -0.2) is 46.5 Å². The Bertz CT molecular complexity index is 670. The molecule has 0 spiro atoms. The molecule has 11 heteroatoms. The predicted octanol–water partition coefficient (Wildman–Crippen LogP) is -1.89. The maximum atomic E-state index is 11.2. The number of anilines is 2. The molecule has 0 atom stereocenters. The maximum absolute atomic E-state index is 11.2. The second-order valence-corrected chi connectivity index (χ2v) is 7.39. The maximum Gasteiger partial charge on any atom is 0.490 e. The fraction of sp³-hybridized carbons (Fsp3) is 0.250. The smallest absolute Gasteiger partial charge is 0.423 e. The van der Waals surface area contributed by atoms with Crippen molar-refractivity contribution < 1.29 is 26.9 Å². The van der Waals surface area contributed by atoms with Gasteiger partial charge in [0.2, 0.25) is 20.0 Å². The summed E-state index contributed by atoms with van der Waals surface area (Å²) in [7, 11) is -9.32. The molecule has 0 aliphatic carbocycles. The van der Waals surface area contributed by atoms with Crippen molar-refractivity contribution in [2.75, 3.05) is 22.0 Å². The number of sulfonamides is 2. The summed E-state index contributed by atoms with van der Waals surface area (Å²) >= 11 is 0. The van der Waals surface area contributed by atoms with Crippen LogP contribution in [0.1, 0.15) is 0 Å². The highest BCUT2D eigenvalue weighted by Crippen LogP contribution is 2.21. The minimum absolute atomic E-state index is 0.0986. The summed E-state index contributed by atoms with van der Waals surface area (Å²) in [5, 5.41) is 18.3. The van der Waals surface area contributed by atoms with Crippen LogP contribution in [0, 0.1) is 0 Å². The van der Waals surface area contributed by atoms with Crippen LogP contribution in [0.15, 0.2) is 18.2 Å². The van der Waals surface area contributed by atoms with Crippen molar-refractivity contribution in [2.45, 2.75) is 0 Å². The third kappa shape index (κ3) is 5.07. The molecule has 0 aliphatic heterocycles. The molecule has 0 unspecified atom stereocenters. The first-order chi connectivity index (χ1) is 8.49. The number of hydrogen-bond acceptors (Lipinski definition) is 6. The fourth-order valence-corrected chi connectivity index (χ4v) is 2.54. The zero-order valence-corrected chi connectivity index (χ0v) is 11.8. The Kier molecular flexibility index (Phi) is 4.45. The first-order valence-electron chi connectivity index (χ1n) is 4.94. The summed E-state index contributed by atoms with van der Waals surface area (Å²) < 4.78 is 49.0. The first kappa shape index (κ1) is 15.8. The molecule has 8 nitrogen and oxygen atoms in total. The molecule has 0 aliphatic rings. The van der Waals surface area contributed by atoms with Crippen molar-refractivity contribution in [2.24, 2.45) is 0 Å². The number of hydrogen-bond donors (Lipinski definition) is 4. The topological polar surface area (TPSA) is 133 Å². The molecule has 0 fully saturated rings. The minimum atomic E-state index is -3.72. The van der Waals surface area contributed by atoms with Gasteiger partial charge in [-0.25, -0.2) is 16.8 Å². The van der Waals surface area contributed by atoms with Crippen molar-refractivity contribution in [1.82, 2.24) is 0 Å². The van der Waals surface area contributed by atoms with Gasteiger partial charge in [-0.2, -0.15) is 0 Å². The van der Waals surface area contributed by atoms with Gasteiger partial charge in [0.05, 0.1) is 23.9 Å². The van der Waals surface area contributed by atoms with Crippen LogP contribution in [0.5, 0.6) is 0 Å². The Morgan fingerprint density at radius 2 is 1.53 bits per heavy atom. The molecular weight excluding hydrogens is 295 g/mol. The van der Waals surface area contributed by atoms with Crippen molar-refractivity contribution in [3.63, 3.8) is 0 Å². The number of nitrogens with one attached hydrogen (secondary N) is 2. The molecule has 4 N–H and O–H groups in total. The van der Waals surface area contributed by atoms with Crippen LogP contribution >= 0.6 is 0 Å². The lowest BCUT2D eigenvalue weighted by molar-refractivity contribution is 0.426. The van der Waals surface area contributed by atoms with Gasteiger partial charge in [-0.15, -0.1) is 0 Å². The Labute approximate surface area is 111 Å². The van der Waals surface area contributed by atoms with Crippen LogP contribution in [0.3, 0.4) is 0 Å². The van der Waals surface area contributed by atoms with Gasteiger partial charge in [0, 0.05) is 5.46 Å². The molecular formula is C8H13BN2O6S2. The summed E-state index contributed by atoms with van der Waals surface area (Å²) in [5.41, 5.74) is -0.497. The zero-order chi connectivity index (χ0) is 14.8. The minimum Gasteiger partial charge on any atom is -0.423 e. The summed E-state index contributed by atoms with van der Waals surface area (Å²) in [5.74, 6) is 0. The van der Waals surface area contributed by atoms with E-state index in [1.54, 1.807) is 0 Å². The van der Waals surface area contributed by atoms with Crippen molar-refractivity contribution in [3.8, 4) is 0 Å². The second kappa shape index (κ2) is 5.37. The van der Waals surface area contributed by atoms with Crippen LogP contribution < -0.4 is 14.9 Å². The van der Waals surface area contributed by atoms with Gasteiger partial charge in [0.1, 0.15) is 0 Å². The molecule has 0 amide bonds. The predicted molar refractivity (Wildman–Crippen MR) is 73.2 cm³/mol. The van der Waals surface area contributed by atoms with E-state index in [1.807, 2.05) is 4.72 Å². The van der Waals surface area contributed by atoms with E-state index in [-0.39, 0.29) is 16.8 Å². The number of para-hydroxylation sites is 1. The Balaban J connectivity index is 3.42. The largest absolute Gasteiger partial charge is 0.490 e. The fourth-order valence-electron chi connectivity index (χ4n) is 1.37. The Hall–Kier alpha value is -1.30. The van der Waals surface area contributed by atoms with Gasteiger partial charge in [-0.05, 0) is 6.07 Å². The normalized spacial score (nSPS) is 12.0. The van der Waals surface area contributed by atoms with Crippen LogP contribution in [0.4, 0.5) is 11.4 Å². The summed E-state index contributed by atoms with van der Waals surface area (Å²) in [4.78, 5) is 0. The molecule has 19 heavy (non-hydrogen) atoms. The SMILES string of the molecule is CS(=O)(=O)Nc1cccc(B(O)O)c1NS(C)(=O)=O. The molecule has 106 valence electrons. The van der Waals surface area contributed by atoms with E-state index >= 15 is 0 Å². The van der Waals surface area contributed by atoms with E-state index < -0.39 is 27.2 Å². The molecule has 0 bridgehead atoms. The van der Waals surface area contributed by atoms with E-state index in [0.29, 0.717) is 0 Å². The lowest BCUT2D eigenvalue weighted by atomic mass is 9.79. The second-order valence-electron chi connectivity index (χ2n) is 3.89. The van der Waals surface area contributed by atoms with Gasteiger partial charge >= 0.3 is 7.12 Å². The van der Waals surface area contributed by atoms with Crippen molar-refractivity contribution in [3.05, 3.63) is 18.2 Å². The summed E-state index contributed by atoms with van der Waals surface area (Å²) in [6.45, 7) is 0. The molecule has 1 rings (SSSR count). The average molecular weight is 308 g/mol. The molecule has 0 saturated heterocycles. The van der Waals surface area contributed by atoms with Gasteiger partial charge < -0.3 is 10.0 Å². The van der Waals surface area contributed by atoms with E-state index in [1.165, 1.54) is 18.2 Å². The quantitative estimate of drug-likeness (QED) is 0.470. The van der Waals surface area contributed by atoms with E-state index in [4.69, 9.17) is 10.0 Å². The van der Waals surface area contributed by atoms with Crippen molar-refractivity contribution in [1.29, 1.82) is 0 Å². The Morgan fingerprint density at radius 1 is 1.00 bits per heavy atom. The van der Waals surface area contributed by atoms with E-state index in [2.05, 4.69) is 4.72 Å². The average Bonchev–Trinajstić information content (AvgIpc) is 2.15. The van der Waals surface area contributed by atoms with E-state index in [9.17, 15) is 16.8 Å². The molecule has 1 aromatic rings. The first-order valence-corrected chi connectivity index (χ1v) is 8.72. The molecule has 0 heterocycles. The highest BCUT2D eigenvalue weighted by Gasteiger charge is 2.21. The standard InChI is InChI=1S/C8H13BN2O6S2/c1-18(14,15)10-7-5-3-4-6(9(12)13)8(7)11-19(2,16)17/h3-5,10-13H,1-2H3. The van der Waals surface area contributed by atoms with E-state index in [0.717, 1.165) is 12.5 Å². The van der Waals surface area contributed by atoms with Crippen LogP contribution in [0.2, 0.25) is 0 Å². The molecule has 1 aromatic carbocycles. The molecule has 0 aromatic heterocycles. The molecule has 0 radical (unpaired) electrons. The van der Waals surface area contributed by atoms with Crippen molar-refractivity contribution >= 4 is 44.0 Å². The zero-order valence-electron chi connectivity index (χ0n) is 10.2. The Morgan fingerprint density at radius 3 is 1.95 bits per heavy atom. The number of benzene rings is 1. The monoisotopic (exact) mass is 308 g/mol. The number of rotatable bonds is 5. The lowest BCUT2D eigenvalue weighted by Gasteiger charge is -2.15. The van der Waals surface area contributed by atoms with Crippen LogP contribution in [-0.2, 0) is 20.0 Å². The van der Waals surface area contributed by atoms with Gasteiger partial charge in [-0.1, -0.05) is 12.1 Å². The van der Waals surface area contributed by atoms with Gasteiger partial charge in [-0.3, -0.25) is 9.44 Å². The third-order valence-corrected chi connectivity index (χ3v) is 3.12. The van der Waals surface area contributed by atoms with Gasteiger partial charge in [0.15, 0.2) is 0 Å². The summed E-state index contributed by atoms with van der Waals surface area (Å²) in [6, 6.07) is 3.90. The highest BCUT2D eigenvalue weighted by atomic mass is 32.2.